The van der Waals surface area contributed by atoms with E-state index in [1.807, 2.05) is 53.9 Å². The number of ether oxygens (including phenoxy) is 6. The van der Waals surface area contributed by atoms with Crippen LogP contribution in [0.3, 0.4) is 0 Å². The molecule has 0 spiro atoms. The minimum atomic E-state index is -1.13. The first-order valence-corrected chi connectivity index (χ1v) is 27.2. The standard InChI is InChI=1S/C9H17NO4.C9H19NO3.C9H19NO2.3C7H14O4S/c1-4-8(12)7(10-6(3)11)9(13)5(2)14-4;1-5-8(11)7(10(3)4)9(12)6(2)13-5;1-6-5-8(10(3)4)9(11)7(2)12-6;1-3-5(9)6(10)7(12)4(2-8)11-3;1-3-5(8)7(10)6(9)4(2-12)11-3;1-3-5(9)7(12)6(10)4(2-8)11-3/h4-5,7-9,12-13H,1-3H3,(H,10,11);5-9,11-12H,1-4H3;6-9,11H,5H2,1-4H3;3*3-10,12H,2H2,1H3/t4-,5?,7?,8-,9-;5-,6?,7?,8-,9-;6?,7-,8?,9-;3-,4?,5-,6?,7-;2*3-,4?,5-,6-,7?/m111111/s1. The van der Waals surface area contributed by atoms with E-state index in [2.05, 4.69) is 55.0 Å². The summed E-state index contributed by atoms with van der Waals surface area (Å²) in [5, 5.41) is 133. The lowest BCUT2D eigenvalue weighted by Crippen LogP contribution is -2.62. The van der Waals surface area contributed by atoms with Crippen LogP contribution in [0.5, 0.6) is 0 Å². The summed E-state index contributed by atoms with van der Waals surface area (Å²) < 4.78 is 31.7. The first kappa shape index (κ1) is 72.7. The largest absolute Gasteiger partial charge is 0.394 e. The maximum Gasteiger partial charge on any atom is 0.217 e. The second-order valence-corrected chi connectivity index (χ2v) is 22.3. The second kappa shape index (κ2) is 34.2. The molecule has 6 aliphatic heterocycles. The molecule has 27 heteroatoms. The average molecular weight is 1150 g/mol. The molecule has 0 radical (unpaired) electrons. The van der Waals surface area contributed by atoms with E-state index in [0.717, 1.165) is 6.42 Å². The van der Waals surface area contributed by atoms with Gasteiger partial charge in [-0.15, -0.1) is 0 Å². The Morgan fingerprint density at radius 2 is 0.840 bits per heavy atom. The van der Waals surface area contributed by atoms with Gasteiger partial charge in [0.25, 0.3) is 0 Å². The number of rotatable bonds is 6. The summed E-state index contributed by atoms with van der Waals surface area (Å²) >= 11 is 12.0. The maximum atomic E-state index is 10.8. The van der Waals surface area contributed by atoms with E-state index in [1.165, 1.54) is 6.92 Å². The molecular formula is C48H97N3O21S3. The first-order chi connectivity index (χ1) is 34.6. The van der Waals surface area contributed by atoms with Gasteiger partial charge in [-0.3, -0.25) is 4.79 Å². The van der Waals surface area contributed by atoms with Gasteiger partial charge in [-0.2, -0.15) is 37.9 Å². The maximum absolute atomic E-state index is 10.8. The van der Waals surface area contributed by atoms with Gasteiger partial charge in [0.1, 0.15) is 42.7 Å². The smallest absolute Gasteiger partial charge is 0.217 e. The number of aliphatic hydroxyl groups is 14. The van der Waals surface area contributed by atoms with Crippen LogP contribution in [0.2, 0.25) is 0 Å². The number of aliphatic hydroxyl groups excluding tert-OH is 14. The van der Waals surface area contributed by atoms with Gasteiger partial charge >= 0.3 is 0 Å². The number of likely N-dealkylation sites (N-methyl/N-ethyl adjacent to an activating group) is 2. The van der Waals surface area contributed by atoms with Crippen LogP contribution in [-0.2, 0) is 33.2 Å². The van der Waals surface area contributed by atoms with Gasteiger partial charge in [0.05, 0.1) is 140 Å². The zero-order valence-corrected chi connectivity index (χ0v) is 48.6. The van der Waals surface area contributed by atoms with Crippen LogP contribution in [0, 0.1) is 0 Å². The summed E-state index contributed by atoms with van der Waals surface area (Å²) in [5.74, 6) is 0.0596. The van der Waals surface area contributed by atoms with Crippen molar-refractivity contribution in [2.75, 3.05) is 47.2 Å². The molecule has 6 heterocycles. The Hall–Kier alpha value is -0.360. The number of hydrogen-bond acceptors (Lipinski definition) is 26. The van der Waals surface area contributed by atoms with Gasteiger partial charge in [-0.05, 0) is 96.9 Å². The molecule has 0 aromatic rings. The van der Waals surface area contributed by atoms with Crippen molar-refractivity contribution in [3.63, 3.8) is 0 Å². The molecule has 0 aromatic heterocycles. The Kier molecular flexibility index (Phi) is 33.1. The molecule has 0 aliphatic carbocycles. The van der Waals surface area contributed by atoms with E-state index in [1.54, 1.807) is 34.6 Å². The minimum absolute atomic E-state index is 0.0406. The van der Waals surface area contributed by atoms with Gasteiger partial charge in [0.2, 0.25) is 5.91 Å². The van der Waals surface area contributed by atoms with E-state index in [-0.39, 0.29) is 73.9 Å². The molecular weight excluding hydrogens is 1050 g/mol. The van der Waals surface area contributed by atoms with E-state index >= 15 is 0 Å². The summed E-state index contributed by atoms with van der Waals surface area (Å²) in [6.45, 7) is 16.9. The van der Waals surface area contributed by atoms with Gasteiger partial charge in [0, 0.05) is 18.7 Å². The molecule has 6 fully saturated rings. The minimum Gasteiger partial charge on any atom is -0.394 e. The molecule has 0 bridgehead atoms. The normalized spacial score (nSPS) is 46.8. The van der Waals surface area contributed by atoms with Crippen LogP contribution in [0.15, 0.2) is 0 Å². The molecule has 24 nitrogen and oxygen atoms in total. The zero-order valence-electron chi connectivity index (χ0n) is 45.9. The fourth-order valence-corrected chi connectivity index (χ4v) is 10.3. The summed E-state index contributed by atoms with van der Waals surface area (Å²) in [6.07, 6.45) is -13.1. The SMILES string of the molecule is CC(=O)NC1[C@H](O)C(C)O[C@H](C)[C@H]1O.CC1CC(N(C)C)[C@H](O)[C@@H](C)O1.CC1O[C@H](C)[C@@H](O)C(N(C)C)[C@@H]1O.C[C@H]1OC(CO)[C@@H](O)C(S)[C@@H]1O.C[C@H]1OC(CO)[C@@H](S)C(O)[C@@H]1O.C[C@H]1OC(CS)[C@@H](O)C(O)[C@@H]1O. The lowest BCUT2D eigenvalue weighted by molar-refractivity contribution is -0.210. The first-order valence-electron chi connectivity index (χ1n) is 25.5. The summed E-state index contributed by atoms with van der Waals surface area (Å²) in [4.78, 5) is 14.8. The number of amides is 1. The lowest BCUT2D eigenvalue weighted by Gasteiger charge is -2.43. The third-order valence-electron chi connectivity index (χ3n) is 14.1. The van der Waals surface area contributed by atoms with Crippen molar-refractivity contribution in [1.82, 2.24) is 15.1 Å². The Morgan fingerprint density at radius 1 is 0.453 bits per heavy atom. The number of thiol groups is 3. The monoisotopic (exact) mass is 1150 g/mol. The highest BCUT2D eigenvalue weighted by molar-refractivity contribution is 7.81. The molecule has 0 saturated carbocycles. The van der Waals surface area contributed by atoms with Gasteiger partial charge in [-0.1, -0.05) is 0 Å². The van der Waals surface area contributed by atoms with Crippen molar-refractivity contribution in [3.8, 4) is 0 Å². The molecule has 12 unspecified atom stereocenters. The number of hydrogen-bond donors (Lipinski definition) is 18. The van der Waals surface area contributed by atoms with Gasteiger partial charge in [0.15, 0.2) is 0 Å². The fourth-order valence-electron chi connectivity index (χ4n) is 9.23. The molecule has 0 aromatic carbocycles. The highest BCUT2D eigenvalue weighted by Crippen LogP contribution is 2.28. The highest BCUT2D eigenvalue weighted by Gasteiger charge is 2.45. The van der Waals surface area contributed by atoms with E-state index < -0.39 is 120 Å². The van der Waals surface area contributed by atoms with Gasteiger partial charge in [-0.25, -0.2) is 0 Å². The quantitative estimate of drug-likeness (QED) is 0.111. The number of nitrogens with one attached hydrogen (secondary N) is 1. The fraction of sp³-hybridized carbons (Fsp3) is 0.979. The molecule has 6 saturated heterocycles. The van der Waals surface area contributed by atoms with E-state index in [9.17, 15) is 66.1 Å². The number of nitrogens with zero attached hydrogens (tertiary/aromatic N) is 2. The summed E-state index contributed by atoms with van der Waals surface area (Å²) in [6, 6.07) is -0.645. The van der Waals surface area contributed by atoms with E-state index in [4.69, 9.17) is 38.6 Å². The molecule has 29 atom stereocenters. The molecule has 6 aliphatic rings. The lowest BCUT2D eigenvalue weighted by atomic mass is 9.93. The van der Waals surface area contributed by atoms with Crippen molar-refractivity contribution in [2.24, 2.45) is 0 Å². The Labute approximate surface area is 459 Å². The van der Waals surface area contributed by atoms with Crippen LogP contribution < -0.4 is 5.32 Å². The van der Waals surface area contributed by atoms with Crippen LogP contribution in [0.4, 0.5) is 0 Å². The van der Waals surface area contributed by atoms with Crippen LogP contribution in [0.1, 0.15) is 75.7 Å². The van der Waals surface area contributed by atoms with Gasteiger partial charge < -0.3 is 115 Å². The average Bonchev–Trinajstić information content (AvgIpc) is 3.34. The Bertz CT molecular complexity index is 1460. The predicted molar refractivity (Wildman–Crippen MR) is 286 cm³/mol. The molecule has 1 amide bonds. The van der Waals surface area contributed by atoms with Crippen molar-refractivity contribution >= 4 is 43.8 Å². The van der Waals surface area contributed by atoms with Crippen LogP contribution in [-0.4, -0.2) is 309 Å². The van der Waals surface area contributed by atoms with Crippen molar-refractivity contribution in [1.29, 1.82) is 0 Å². The summed E-state index contributed by atoms with van der Waals surface area (Å²) in [5.41, 5.74) is 0. The topological polar surface area (TPSA) is 374 Å². The van der Waals surface area contributed by atoms with Crippen molar-refractivity contribution in [2.45, 2.75) is 251 Å². The Morgan fingerprint density at radius 3 is 1.25 bits per heavy atom. The second-order valence-electron chi connectivity index (χ2n) is 20.7. The molecule has 75 heavy (non-hydrogen) atoms. The van der Waals surface area contributed by atoms with Crippen LogP contribution >= 0.6 is 37.9 Å². The predicted octanol–water partition coefficient (Wildman–Crippen LogP) is -4.70. The third kappa shape index (κ3) is 21.2. The number of carbonyl (C=O) groups is 1. The third-order valence-corrected chi connectivity index (χ3v) is 15.7. The molecule has 448 valence electrons. The molecule has 6 rings (SSSR count). The zero-order chi connectivity index (χ0) is 58.3. The molecule has 15 N–H and O–H groups in total. The number of carbonyl (C=O) groups excluding carboxylic acids is 1. The summed E-state index contributed by atoms with van der Waals surface area (Å²) in [7, 11) is 7.70. The van der Waals surface area contributed by atoms with Crippen LogP contribution in [0.25, 0.3) is 0 Å². The van der Waals surface area contributed by atoms with Crippen molar-refractivity contribution < 1.29 is 105 Å². The highest BCUT2D eigenvalue weighted by atomic mass is 32.1. The van der Waals surface area contributed by atoms with Crippen molar-refractivity contribution in [3.05, 3.63) is 0 Å². The van der Waals surface area contributed by atoms with E-state index in [0.29, 0.717) is 5.75 Å². The Balaban J connectivity index is 0.000000450.